The van der Waals surface area contributed by atoms with E-state index in [1.807, 2.05) is 28.8 Å². The Morgan fingerprint density at radius 1 is 1.30 bits per heavy atom. The number of fused-ring (bicyclic) bond motifs is 1. The normalized spacial score (nSPS) is 11.0. The number of carbonyl (C=O) groups is 2. The number of para-hydroxylation sites is 1. The Bertz CT molecular complexity index is 879. The van der Waals surface area contributed by atoms with Crippen LogP contribution in [-0.4, -0.2) is 28.2 Å². The average molecular weight is 328 g/mol. The summed E-state index contributed by atoms with van der Waals surface area (Å²) in [6.45, 7) is 2.15. The third-order valence-electron chi connectivity index (χ3n) is 3.61. The monoisotopic (exact) mass is 328 g/mol. The van der Waals surface area contributed by atoms with E-state index in [0.29, 0.717) is 29.4 Å². The highest BCUT2D eigenvalue weighted by molar-refractivity contribution is 7.12. The van der Waals surface area contributed by atoms with Gasteiger partial charge in [-0.15, -0.1) is 11.3 Å². The zero-order valence-corrected chi connectivity index (χ0v) is 13.7. The molecule has 0 fully saturated rings. The lowest BCUT2D eigenvalue weighted by molar-refractivity contribution is 0.0984. The van der Waals surface area contributed by atoms with Gasteiger partial charge in [0.15, 0.2) is 10.8 Å². The maximum atomic E-state index is 12.8. The van der Waals surface area contributed by atoms with Gasteiger partial charge in [-0.1, -0.05) is 25.1 Å². The minimum atomic E-state index is -0.170. The topological polar surface area (TPSA) is 61.2 Å². The Morgan fingerprint density at radius 2 is 2.09 bits per heavy atom. The number of hydrogen-bond acceptors (Lipinski definition) is 5. The van der Waals surface area contributed by atoms with Crippen LogP contribution in [0.15, 0.2) is 35.8 Å². The van der Waals surface area contributed by atoms with Crippen LogP contribution >= 0.6 is 11.3 Å². The molecule has 2 heterocycles. The van der Waals surface area contributed by atoms with Gasteiger partial charge in [-0.3, -0.25) is 9.59 Å². The van der Waals surface area contributed by atoms with Crippen molar-refractivity contribution in [2.24, 2.45) is 0 Å². The lowest BCUT2D eigenvalue weighted by Crippen LogP contribution is -2.03. The number of Topliss-reactive ketones (excluding diaryl/α,β-unsaturated/α-hetero) is 1. The van der Waals surface area contributed by atoms with E-state index in [4.69, 9.17) is 4.74 Å². The summed E-state index contributed by atoms with van der Waals surface area (Å²) in [6.07, 6.45) is 2.16. The Morgan fingerprint density at radius 3 is 2.83 bits per heavy atom. The van der Waals surface area contributed by atoms with Gasteiger partial charge in [-0.25, -0.2) is 4.98 Å². The van der Waals surface area contributed by atoms with Crippen molar-refractivity contribution in [3.8, 4) is 0 Å². The number of benzene rings is 1. The molecule has 6 heteroatoms. The summed E-state index contributed by atoms with van der Waals surface area (Å²) in [6, 6.07) is 7.66. The third kappa shape index (κ3) is 2.83. The van der Waals surface area contributed by atoms with Gasteiger partial charge in [0.05, 0.1) is 11.1 Å². The molecule has 0 spiro atoms. The van der Waals surface area contributed by atoms with Crippen LogP contribution in [0.1, 0.15) is 39.2 Å². The molecule has 0 bridgehead atoms. The van der Waals surface area contributed by atoms with Crippen LogP contribution in [0.4, 0.5) is 0 Å². The van der Waals surface area contributed by atoms with Crippen molar-refractivity contribution < 1.29 is 14.3 Å². The fourth-order valence-electron chi connectivity index (χ4n) is 2.48. The molecule has 0 N–H and O–H groups in total. The van der Waals surface area contributed by atoms with Gasteiger partial charge in [0, 0.05) is 30.5 Å². The molecule has 0 amide bonds. The van der Waals surface area contributed by atoms with Crippen molar-refractivity contribution in [2.45, 2.75) is 20.1 Å². The second-order valence-corrected chi connectivity index (χ2v) is 5.95. The standard InChI is InChI=1S/C17H16N2O3S/c1-3-15(20)13-9-23-17(18-13)16(21)12-8-19(10-22-2)14-7-5-4-6-11(12)14/h4-9H,3,10H2,1-2H3. The molecule has 0 saturated carbocycles. The van der Waals surface area contributed by atoms with Crippen LogP contribution < -0.4 is 0 Å². The Hall–Kier alpha value is -2.31. The molecule has 0 aliphatic heterocycles. The maximum absolute atomic E-state index is 12.8. The van der Waals surface area contributed by atoms with Crippen molar-refractivity contribution in [3.63, 3.8) is 0 Å². The number of methoxy groups -OCH3 is 1. The summed E-state index contributed by atoms with van der Waals surface area (Å²) < 4.78 is 7.06. The molecule has 0 saturated heterocycles. The average Bonchev–Trinajstić information content (AvgIpc) is 3.20. The molecule has 3 rings (SSSR count). The van der Waals surface area contributed by atoms with Gasteiger partial charge in [-0.2, -0.15) is 0 Å². The van der Waals surface area contributed by atoms with Crippen LogP contribution in [0.3, 0.4) is 0 Å². The fourth-order valence-corrected chi connectivity index (χ4v) is 3.25. The highest BCUT2D eigenvalue weighted by Crippen LogP contribution is 2.25. The minimum absolute atomic E-state index is 0.0536. The van der Waals surface area contributed by atoms with Crippen molar-refractivity contribution in [1.29, 1.82) is 0 Å². The van der Waals surface area contributed by atoms with E-state index in [0.717, 1.165) is 10.9 Å². The van der Waals surface area contributed by atoms with E-state index in [2.05, 4.69) is 4.98 Å². The number of aromatic nitrogens is 2. The molecule has 0 aliphatic carbocycles. The van der Waals surface area contributed by atoms with Gasteiger partial charge in [0.25, 0.3) is 0 Å². The first kappa shape index (κ1) is 15.6. The first-order chi connectivity index (χ1) is 11.2. The summed E-state index contributed by atoms with van der Waals surface area (Å²) in [5.41, 5.74) is 1.86. The molecule has 0 radical (unpaired) electrons. The Labute approximate surface area is 137 Å². The number of ketones is 2. The van der Waals surface area contributed by atoms with Crippen LogP contribution in [0, 0.1) is 0 Å². The van der Waals surface area contributed by atoms with E-state index >= 15 is 0 Å². The lowest BCUT2D eigenvalue weighted by atomic mass is 10.1. The smallest absolute Gasteiger partial charge is 0.223 e. The summed E-state index contributed by atoms with van der Waals surface area (Å²) in [5.74, 6) is -0.224. The molecule has 0 aliphatic rings. The van der Waals surface area contributed by atoms with Gasteiger partial charge < -0.3 is 9.30 Å². The summed E-state index contributed by atoms with van der Waals surface area (Å²) >= 11 is 1.21. The number of thiazole rings is 1. The highest BCUT2D eigenvalue weighted by Gasteiger charge is 2.20. The minimum Gasteiger partial charge on any atom is -0.364 e. The zero-order valence-electron chi connectivity index (χ0n) is 12.9. The Kier molecular flexibility index (Phi) is 4.36. The van der Waals surface area contributed by atoms with E-state index in [1.54, 1.807) is 25.6 Å². The molecule has 23 heavy (non-hydrogen) atoms. The van der Waals surface area contributed by atoms with Crippen molar-refractivity contribution in [2.75, 3.05) is 7.11 Å². The van der Waals surface area contributed by atoms with Gasteiger partial charge >= 0.3 is 0 Å². The van der Waals surface area contributed by atoms with E-state index in [9.17, 15) is 9.59 Å². The van der Waals surface area contributed by atoms with Gasteiger partial charge in [0.2, 0.25) is 5.78 Å². The number of nitrogens with zero attached hydrogens (tertiary/aromatic N) is 2. The number of ether oxygens (including phenoxy) is 1. The zero-order chi connectivity index (χ0) is 16.4. The second kappa shape index (κ2) is 6.44. The van der Waals surface area contributed by atoms with Crippen molar-refractivity contribution >= 4 is 33.8 Å². The predicted octanol–water partition coefficient (Wildman–Crippen LogP) is 3.53. The summed E-state index contributed by atoms with van der Waals surface area (Å²) in [5, 5.41) is 2.84. The summed E-state index contributed by atoms with van der Waals surface area (Å²) in [7, 11) is 1.61. The molecular formula is C17H16N2O3S. The van der Waals surface area contributed by atoms with Crippen LogP contribution in [0.5, 0.6) is 0 Å². The summed E-state index contributed by atoms with van der Waals surface area (Å²) in [4.78, 5) is 28.7. The van der Waals surface area contributed by atoms with Crippen molar-refractivity contribution in [1.82, 2.24) is 9.55 Å². The highest BCUT2D eigenvalue weighted by atomic mass is 32.1. The van der Waals surface area contributed by atoms with Crippen LogP contribution in [-0.2, 0) is 11.5 Å². The molecule has 0 atom stereocenters. The largest absolute Gasteiger partial charge is 0.364 e. The third-order valence-corrected chi connectivity index (χ3v) is 4.45. The quantitative estimate of drug-likeness (QED) is 0.650. The molecule has 1 aromatic carbocycles. The number of hydrogen-bond donors (Lipinski definition) is 0. The molecule has 5 nitrogen and oxygen atoms in total. The number of carbonyl (C=O) groups excluding carboxylic acids is 2. The molecule has 118 valence electrons. The fraction of sp³-hybridized carbons (Fsp3) is 0.235. The SMILES string of the molecule is CCC(=O)c1csc(C(=O)c2cn(COC)c3ccccc23)n1. The second-order valence-electron chi connectivity index (χ2n) is 5.09. The van der Waals surface area contributed by atoms with Crippen LogP contribution in [0.2, 0.25) is 0 Å². The first-order valence-corrected chi connectivity index (χ1v) is 8.14. The van der Waals surface area contributed by atoms with Gasteiger partial charge in [0.1, 0.15) is 12.4 Å². The van der Waals surface area contributed by atoms with Gasteiger partial charge in [-0.05, 0) is 6.07 Å². The Balaban J connectivity index is 2.04. The molecule has 3 aromatic rings. The van der Waals surface area contributed by atoms with E-state index in [1.165, 1.54) is 11.3 Å². The van der Waals surface area contributed by atoms with E-state index in [-0.39, 0.29) is 11.6 Å². The number of rotatable bonds is 6. The lowest BCUT2D eigenvalue weighted by Gasteiger charge is -2.01. The molecular weight excluding hydrogens is 312 g/mol. The maximum Gasteiger partial charge on any atom is 0.223 e. The predicted molar refractivity (Wildman–Crippen MR) is 89.1 cm³/mol. The molecule has 0 unspecified atom stereocenters. The first-order valence-electron chi connectivity index (χ1n) is 7.26. The van der Waals surface area contributed by atoms with Crippen LogP contribution in [0.25, 0.3) is 10.9 Å². The molecule has 2 aromatic heterocycles. The van der Waals surface area contributed by atoms with Crippen molar-refractivity contribution in [3.05, 3.63) is 52.1 Å². The van der Waals surface area contributed by atoms with E-state index < -0.39 is 0 Å².